The number of hydrogen-bond donors (Lipinski definition) is 6. The number of esters is 1. The topological polar surface area (TPSA) is 175 Å². The third kappa shape index (κ3) is 17.4. The molecule has 10 heteroatoms. The Bertz CT molecular complexity index is 535. The first kappa shape index (κ1) is 31.2. The van der Waals surface area contributed by atoms with E-state index in [9.17, 15) is 14.4 Å². The summed E-state index contributed by atoms with van der Waals surface area (Å²) >= 11 is 0. The van der Waals surface area contributed by atoms with Gasteiger partial charge in [-0.2, -0.15) is 0 Å². The number of hydrogen-bond acceptors (Lipinski definition) is 8. The Labute approximate surface area is 199 Å². The van der Waals surface area contributed by atoms with E-state index >= 15 is 0 Å². The van der Waals surface area contributed by atoms with Crippen LogP contribution in [0, 0.1) is 0 Å². The van der Waals surface area contributed by atoms with E-state index in [1.807, 2.05) is 7.05 Å². The predicted molar refractivity (Wildman–Crippen MR) is 131 cm³/mol. The molecule has 2 unspecified atom stereocenters. The normalized spacial score (nSPS) is 13.7. The van der Waals surface area contributed by atoms with Gasteiger partial charge in [0.1, 0.15) is 0 Å². The Morgan fingerprint density at radius 3 is 1.45 bits per heavy atom. The van der Waals surface area contributed by atoms with Crippen molar-refractivity contribution in [3.63, 3.8) is 0 Å². The van der Waals surface area contributed by atoms with E-state index in [4.69, 9.17) is 21.9 Å². The maximum absolute atomic E-state index is 12.7. The van der Waals surface area contributed by atoms with E-state index in [-0.39, 0.29) is 48.8 Å². The Hall–Kier alpha value is -1.75. The lowest BCUT2D eigenvalue weighted by atomic mass is 10.0. The second-order valence-electron chi connectivity index (χ2n) is 8.56. The first-order valence-electron chi connectivity index (χ1n) is 12.3. The molecule has 0 aliphatic rings. The van der Waals surface area contributed by atoms with Gasteiger partial charge in [-0.1, -0.05) is 19.3 Å². The monoisotopic (exact) mass is 472 g/mol. The van der Waals surface area contributed by atoms with Crippen LogP contribution in [0.2, 0.25) is 0 Å². The van der Waals surface area contributed by atoms with Gasteiger partial charge in [-0.25, -0.2) is 0 Å². The van der Waals surface area contributed by atoms with Crippen LogP contribution in [0.3, 0.4) is 0 Å². The fourth-order valence-electron chi connectivity index (χ4n) is 3.71. The zero-order valence-electron chi connectivity index (χ0n) is 20.7. The number of methoxy groups -OCH3 is 1. The zero-order valence-corrected chi connectivity index (χ0v) is 20.7. The highest BCUT2D eigenvalue weighted by Crippen LogP contribution is 2.10. The van der Waals surface area contributed by atoms with E-state index in [1.165, 1.54) is 7.11 Å². The fraction of sp³-hybridized carbons (Fsp3) is 0.870. The standard InChI is InChI=1S/C23H48N6O4/c1-27-18(9-3-6-12-24)15-21(30)28-19(10-4-7-13-25)16-22(31)29-20(11-5-8-14-26)17-23(32)33-2/h18-20,27H,3-17,24-26H2,1-2H3,(H,28,30)(H,29,31)/t18-,19?,20?/m0/s1. The molecule has 9 N–H and O–H groups in total. The molecule has 0 aliphatic heterocycles. The largest absolute Gasteiger partial charge is 0.469 e. The summed E-state index contributed by atoms with van der Waals surface area (Å²) in [4.78, 5) is 37.1. The minimum absolute atomic E-state index is 0.0713. The highest BCUT2D eigenvalue weighted by Gasteiger charge is 2.22. The molecule has 0 aromatic rings. The van der Waals surface area contributed by atoms with Crippen molar-refractivity contribution >= 4 is 17.8 Å². The van der Waals surface area contributed by atoms with Gasteiger partial charge in [-0.3, -0.25) is 14.4 Å². The van der Waals surface area contributed by atoms with Crippen molar-refractivity contribution < 1.29 is 19.1 Å². The average molecular weight is 473 g/mol. The molecule has 0 fully saturated rings. The summed E-state index contributed by atoms with van der Waals surface area (Å²) in [5.74, 6) is -0.641. The molecule has 10 nitrogen and oxygen atoms in total. The van der Waals surface area contributed by atoms with Crippen molar-refractivity contribution in [3.05, 3.63) is 0 Å². The van der Waals surface area contributed by atoms with Crippen molar-refractivity contribution in [2.24, 2.45) is 17.2 Å². The SMILES string of the molecule is CN[C@@H](CCCCN)CC(=O)NC(CCCCN)CC(=O)NC(CCCCN)CC(=O)OC. The minimum Gasteiger partial charge on any atom is -0.469 e. The number of carbonyl (C=O) groups is 3. The first-order chi connectivity index (χ1) is 15.9. The summed E-state index contributed by atoms with van der Waals surface area (Å²) in [5, 5.41) is 9.15. The van der Waals surface area contributed by atoms with E-state index in [1.54, 1.807) is 0 Å². The van der Waals surface area contributed by atoms with Gasteiger partial charge < -0.3 is 37.9 Å². The number of unbranched alkanes of at least 4 members (excludes halogenated alkanes) is 3. The van der Waals surface area contributed by atoms with Crippen molar-refractivity contribution in [2.45, 2.75) is 95.2 Å². The molecule has 0 rings (SSSR count). The van der Waals surface area contributed by atoms with Crippen LogP contribution in [0.5, 0.6) is 0 Å². The molecule has 0 saturated heterocycles. The van der Waals surface area contributed by atoms with Gasteiger partial charge in [0.15, 0.2) is 0 Å². The van der Waals surface area contributed by atoms with Crippen LogP contribution < -0.4 is 33.2 Å². The van der Waals surface area contributed by atoms with Crippen LogP contribution in [-0.4, -0.2) is 69.7 Å². The molecule has 0 spiro atoms. The summed E-state index contributed by atoms with van der Waals surface area (Å²) in [7, 11) is 3.18. The molecular weight excluding hydrogens is 424 g/mol. The van der Waals surface area contributed by atoms with E-state index in [0.29, 0.717) is 38.9 Å². The molecule has 3 atom stereocenters. The van der Waals surface area contributed by atoms with Gasteiger partial charge in [-0.15, -0.1) is 0 Å². The average Bonchev–Trinajstić information content (AvgIpc) is 2.78. The van der Waals surface area contributed by atoms with E-state index in [2.05, 4.69) is 16.0 Å². The van der Waals surface area contributed by atoms with Gasteiger partial charge in [0.05, 0.1) is 13.5 Å². The molecule has 194 valence electrons. The molecular formula is C23H48N6O4. The molecule has 0 aliphatic carbocycles. The summed E-state index contributed by atoms with van der Waals surface area (Å²) in [5.41, 5.74) is 16.7. The van der Waals surface area contributed by atoms with Crippen molar-refractivity contribution in [1.29, 1.82) is 0 Å². The maximum Gasteiger partial charge on any atom is 0.307 e. The van der Waals surface area contributed by atoms with Crippen LogP contribution in [0.1, 0.15) is 77.0 Å². The highest BCUT2D eigenvalue weighted by molar-refractivity contribution is 5.80. The predicted octanol–water partition coefficient (Wildman–Crippen LogP) is 0.274. The molecule has 0 aromatic heterocycles. The molecule has 2 amide bonds. The number of amides is 2. The molecule has 0 bridgehead atoms. The van der Waals surface area contributed by atoms with E-state index in [0.717, 1.165) is 44.9 Å². The van der Waals surface area contributed by atoms with E-state index < -0.39 is 0 Å². The van der Waals surface area contributed by atoms with Crippen LogP contribution >= 0.6 is 0 Å². The highest BCUT2D eigenvalue weighted by atomic mass is 16.5. The second-order valence-corrected chi connectivity index (χ2v) is 8.56. The van der Waals surface area contributed by atoms with Gasteiger partial charge in [0.2, 0.25) is 11.8 Å². The van der Waals surface area contributed by atoms with Crippen molar-refractivity contribution in [1.82, 2.24) is 16.0 Å². The smallest absolute Gasteiger partial charge is 0.307 e. The number of nitrogens with one attached hydrogen (secondary N) is 3. The summed E-state index contributed by atoms with van der Waals surface area (Å²) in [6.07, 6.45) is 7.98. The second kappa shape index (κ2) is 20.8. The summed E-state index contributed by atoms with van der Waals surface area (Å²) in [6.45, 7) is 1.77. The molecule has 0 radical (unpaired) electrons. The van der Waals surface area contributed by atoms with Crippen molar-refractivity contribution in [2.75, 3.05) is 33.8 Å². The quantitative estimate of drug-likeness (QED) is 0.102. The third-order valence-corrected chi connectivity index (χ3v) is 5.66. The number of rotatable bonds is 21. The lowest BCUT2D eigenvalue weighted by Gasteiger charge is -2.23. The van der Waals surface area contributed by atoms with Crippen molar-refractivity contribution in [3.8, 4) is 0 Å². The number of nitrogens with two attached hydrogens (primary N) is 3. The fourth-order valence-corrected chi connectivity index (χ4v) is 3.71. The van der Waals surface area contributed by atoms with Gasteiger partial charge >= 0.3 is 5.97 Å². The van der Waals surface area contributed by atoms with Crippen LogP contribution in [0.4, 0.5) is 0 Å². The lowest BCUT2D eigenvalue weighted by molar-refractivity contribution is -0.141. The van der Waals surface area contributed by atoms with Crippen LogP contribution in [0.25, 0.3) is 0 Å². The summed E-state index contributed by atoms with van der Waals surface area (Å²) in [6, 6.07) is -0.524. The Kier molecular flexibility index (Phi) is 19.7. The number of carbonyl (C=O) groups excluding carboxylic acids is 3. The zero-order chi connectivity index (χ0) is 24.9. The first-order valence-corrected chi connectivity index (χ1v) is 12.3. The van der Waals surface area contributed by atoms with Crippen LogP contribution in [-0.2, 0) is 19.1 Å². The lowest BCUT2D eigenvalue weighted by Crippen LogP contribution is -2.44. The van der Waals surface area contributed by atoms with Crippen LogP contribution in [0.15, 0.2) is 0 Å². The molecule has 0 heterocycles. The number of ether oxygens (including phenoxy) is 1. The Balaban J connectivity index is 4.89. The minimum atomic E-state index is -0.367. The Morgan fingerprint density at radius 2 is 1.06 bits per heavy atom. The molecule has 0 saturated carbocycles. The van der Waals surface area contributed by atoms with Gasteiger partial charge in [0.25, 0.3) is 0 Å². The third-order valence-electron chi connectivity index (χ3n) is 5.66. The molecule has 33 heavy (non-hydrogen) atoms. The maximum atomic E-state index is 12.7. The van der Waals surface area contributed by atoms with Gasteiger partial charge in [-0.05, 0) is 65.2 Å². The van der Waals surface area contributed by atoms with Gasteiger partial charge in [0, 0.05) is 31.0 Å². The Morgan fingerprint density at radius 1 is 0.667 bits per heavy atom. The molecule has 0 aromatic carbocycles. The summed E-state index contributed by atoms with van der Waals surface area (Å²) < 4.78 is 4.75.